The first-order valence-electron chi connectivity index (χ1n) is 8.19. The first-order chi connectivity index (χ1) is 12.3. The molecule has 0 amide bonds. The van der Waals surface area contributed by atoms with Gasteiger partial charge < -0.3 is 4.90 Å². The van der Waals surface area contributed by atoms with Crippen LogP contribution in [0.3, 0.4) is 0 Å². The van der Waals surface area contributed by atoms with Crippen LogP contribution in [0.5, 0.6) is 0 Å². The van der Waals surface area contributed by atoms with Gasteiger partial charge in [0.2, 0.25) is 0 Å². The lowest BCUT2D eigenvalue weighted by Gasteiger charge is -2.32. The summed E-state index contributed by atoms with van der Waals surface area (Å²) < 4.78 is 1.62. The van der Waals surface area contributed by atoms with Gasteiger partial charge in [-0.2, -0.15) is 0 Å². The van der Waals surface area contributed by atoms with Crippen molar-refractivity contribution in [2.75, 3.05) is 6.54 Å². The molecule has 0 bridgehead atoms. The van der Waals surface area contributed by atoms with E-state index < -0.39 is 0 Å². The summed E-state index contributed by atoms with van der Waals surface area (Å²) in [5, 5.41) is 6.26. The first kappa shape index (κ1) is 15.5. The molecule has 1 unspecified atom stereocenters. The zero-order valence-corrected chi connectivity index (χ0v) is 15.8. The highest BCUT2D eigenvalue weighted by atomic mass is 32.1. The molecule has 1 N–H and O–H groups in total. The Morgan fingerprint density at radius 3 is 3.04 bits per heavy atom. The number of thiazole rings is 1. The van der Waals surface area contributed by atoms with Crippen molar-refractivity contribution in [3.05, 3.63) is 78.0 Å². The second-order valence-corrected chi connectivity index (χ2v) is 9.08. The van der Waals surface area contributed by atoms with E-state index in [0.29, 0.717) is 6.04 Å². The number of rotatable bonds is 3. The first-order valence-corrected chi connectivity index (χ1v) is 10.8. The summed E-state index contributed by atoms with van der Waals surface area (Å²) >= 11 is 5.19. The Hall–Kier alpha value is -1.80. The Morgan fingerprint density at radius 2 is 2.16 bits per heavy atom. The van der Waals surface area contributed by atoms with E-state index in [-0.39, 0.29) is 5.56 Å². The topological polar surface area (TPSA) is 38.8 Å². The fraction of sp³-hybridized carbons (Fsp3) is 0.222. The second-order valence-electron chi connectivity index (χ2n) is 6.22. The summed E-state index contributed by atoms with van der Waals surface area (Å²) in [7, 11) is 0. The zero-order chi connectivity index (χ0) is 16.8. The molecule has 126 valence electrons. The number of thiophene rings is 2. The van der Waals surface area contributed by atoms with Crippen LogP contribution in [0, 0.1) is 0 Å². The predicted molar refractivity (Wildman–Crippen MR) is 103 cm³/mol. The van der Waals surface area contributed by atoms with Gasteiger partial charge in [-0.1, -0.05) is 6.07 Å². The number of hydrogen-bond donors (Lipinski definition) is 1. The molecule has 4 aromatic rings. The maximum absolute atomic E-state index is 12.3. The van der Waals surface area contributed by atoms with Gasteiger partial charge in [0.15, 0.2) is 4.96 Å². The van der Waals surface area contributed by atoms with E-state index in [0.717, 1.165) is 30.2 Å². The van der Waals surface area contributed by atoms with Crippen LogP contribution in [0.15, 0.2) is 51.4 Å². The van der Waals surface area contributed by atoms with Gasteiger partial charge in [-0.3, -0.25) is 9.20 Å². The lowest BCUT2D eigenvalue weighted by Crippen LogP contribution is -3.12. The summed E-state index contributed by atoms with van der Waals surface area (Å²) in [5.41, 5.74) is 2.35. The molecule has 7 heteroatoms. The summed E-state index contributed by atoms with van der Waals surface area (Å²) in [6.07, 6.45) is 2.89. The van der Waals surface area contributed by atoms with E-state index in [2.05, 4.69) is 29.0 Å². The molecule has 0 saturated carbocycles. The Labute approximate surface area is 156 Å². The van der Waals surface area contributed by atoms with Gasteiger partial charge in [0.05, 0.1) is 11.4 Å². The molecule has 0 aliphatic carbocycles. The van der Waals surface area contributed by atoms with Crippen LogP contribution in [-0.2, 0) is 13.0 Å². The van der Waals surface area contributed by atoms with Crippen LogP contribution in [0.4, 0.5) is 0 Å². The van der Waals surface area contributed by atoms with Gasteiger partial charge in [0.25, 0.3) is 5.56 Å². The molecule has 0 spiro atoms. The Balaban J connectivity index is 1.54. The third kappa shape index (κ3) is 2.67. The van der Waals surface area contributed by atoms with E-state index in [4.69, 9.17) is 4.98 Å². The van der Waals surface area contributed by atoms with Gasteiger partial charge in [0, 0.05) is 34.5 Å². The molecule has 4 nitrogen and oxygen atoms in total. The van der Waals surface area contributed by atoms with Crippen LogP contribution in [0.2, 0.25) is 0 Å². The van der Waals surface area contributed by atoms with Crippen LogP contribution < -0.4 is 10.5 Å². The van der Waals surface area contributed by atoms with Crippen LogP contribution in [-0.4, -0.2) is 15.9 Å². The van der Waals surface area contributed by atoms with E-state index in [1.165, 1.54) is 31.6 Å². The Bertz CT molecular complexity index is 1080. The molecule has 1 aliphatic heterocycles. The SMILES string of the molecule is O=c1cc(C[NH+]2CCc3sccc3[C@H]2c2cccs2)nc2sccn12. The highest BCUT2D eigenvalue weighted by Crippen LogP contribution is 2.31. The van der Waals surface area contributed by atoms with E-state index in [9.17, 15) is 4.79 Å². The summed E-state index contributed by atoms with van der Waals surface area (Å²) in [4.78, 5) is 22.2. The summed E-state index contributed by atoms with van der Waals surface area (Å²) in [5.74, 6) is 0. The maximum atomic E-state index is 12.3. The van der Waals surface area contributed by atoms with Crippen molar-refractivity contribution < 1.29 is 4.90 Å². The number of fused-ring (bicyclic) bond motifs is 2. The molecule has 25 heavy (non-hydrogen) atoms. The predicted octanol–water partition coefficient (Wildman–Crippen LogP) is 2.61. The van der Waals surface area contributed by atoms with E-state index in [1.807, 2.05) is 28.1 Å². The van der Waals surface area contributed by atoms with Crippen molar-refractivity contribution in [2.45, 2.75) is 19.0 Å². The van der Waals surface area contributed by atoms with Gasteiger partial charge in [-0.25, -0.2) is 4.98 Å². The van der Waals surface area contributed by atoms with Crippen LogP contribution >= 0.6 is 34.0 Å². The van der Waals surface area contributed by atoms with Crippen molar-refractivity contribution in [2.24, 2.45) is 0 Å². The number of nitrogens with zero attached hydrogens (tertiary/aromatic N) is 2. The average molecular weight is 387 g/mol. The highest BCUT2D eigenvalue weighted by Gasteiger charge is 2.34. The normalized spacial score (nSPS) is 20.0. The third-order valence-electron chi connectivity index (χ3n) is 4.76. The quantitative estimate of drug-likeness (QED) is 0.588. The van der Waals surface area contributed by atoms with Crippen molar-refractivity contribution in [1.29, 1.82) is 0 Å². The van der Waals surface area contributed by atoms with Gasteiger partial charge in [-0.05, 0) is 22.9 Å². The summed E-state index contributed by atoms with van der Waals surface area (Å²) in [6, 6.07) is 8.67. The monoisotopic (exact) mass is 386 g/mol. The highest BCUT2D eigenvalue weighted by molar-refractivity contribution is 7.15. The minimum absolute atomic E-state index is 0.0153. The third-order valence-corrected chi connectivity index (χ3v) is 7.45. The van der Waals surface area contributed by atoms with Crippen molar-refractivity contribution in [1.82, 2.24) is 9.38 Å². The van der Waals surface area contributed by atoms with Gasteiger partial charge in [0.1, 0.15) is 18.3 Å². The fourth-order valence-electron chi connectivity index (χ4n) is 3.66. The molecule has 0 saturated heterocycles. The van der Waals surface area contributed by atoms with Crippen LogP contribution in [0.25, 0.3) is 4.96 Å². The average Bonchev–Trinajstić information content (AvgIpc) is 3.35. The number of quaternary nitrogens is 1. The number of aromatic nitrogens is 2. The molecule has 5 heterocycles. The molecular formula is C18H16N3OS3+. The minimum atomic E-state index is 0.0153. The second kappa shape index (κ2) is 6.17. The lowest BCUT2D eigenvalue weighted by atomic mass is 9.98. The zero-order valence-electron chi connectivity index (χ0n) is 13.3. The van der Waals surface area contributed by atoms with Crippen molar-refractivity contribution >= 4 is 39.0 Å². The Kier molecular flexibility index (Phi) is 3.82. The molecule has 4 aromatic heterocycles. The molecule has 1 aliphatic rings. The summed E-state index contributed by atoms with van der Waals surface area (Å²) in [6.45, 7) is 1.85. The smallest absolute Gasteiger partial charge is 0.258 e. The molecule has 0 aromatic carbocycles. The van der Waals surface area contributed by atoms with Crippen molar-refractivity contribution in [3.8, 4) is 0 Å². The maximum Gasteiger partial charge on any atom is 0.258 e. The molecule has 2 atom stereocenters. The standard InChI is InChI=1S/C18H15N3OS3/c22-16-10-12(19-18-21(16)6-9-25-18)11-20-5-3-14-13(4-8-24-14)17(20)15-2-1-7-23-15/h1-2,4,6-10,17H,3,5,11H2/p+1/t17-/m0/s1. The van der Waals surface area contributed by atoms with Crippen molar-refractivity contribution in [3.63, 3.8) is 0 Å². The lowest BCUT2D eigenvalue weighted by molar-refractivity contribution is -0.941. The molecule has 0 fully saturated rings. The molecule has 0 radical (unpaired) electrons. The number of nitrogens with one attached hydrogen (secondary N) is 1. The molecule has 5 rings (SSSR count). The number of hydrogen-bond acceptors (Lipinski definition) is 5. The van der Waals surface area contributed by atoms with Gasteiger partial charge >= 0.3 is 0 Å². The van der Waals surface area contributed by atoms with Crippen LogP contribution in [0.1, 0.15) is 27.1 Å². The van der Waals surface area contributed by atoms with E-state index in [1.54, 1.807) is 16.7 Å². The Morgan fingerprint density at radius 1 is 1.20 bits per heavy atom. The van der Waals surface area contributed by atoms with E-state index >= 15 is 0 Å². The largest absolute Gasteiger partial charge is 0.319 e. The minimum Gasteiger partial charge on any atom is -0.319 e. The fourth-order valence-corrected chi connectivity index (χ4v) is 6.22. The molecular weight excluding hydrogens is 370 g/mol. The van der Waals surface area contributed by atoms with Gasteiger partial charge in [-0.15, -0.1) is 34.0 Å².